The Balaban J connectivity index is 1.44. The highest BCUT2D eigenvalue weighted by molar-refractivity contribution is 5.97. The first-order valence-corrected chi connectivity index (χ1v) is 12.0. The number of hydrogen-bond donors (Lipinski definition) is 1. The Bertz CT molecular complexity index is 1480. The zero-order valence-corrected chi connectivity index (χ0v) is 21.2. The van der Waals surface area contributed by atoms with Crippen LogP contribution in [0.4, 0.5) is 0 Å². The summed E-state index contributed by atoms with van der Waals surface area (Å²) in [6, 6.07) is 22.8. The van der Waals surface area contributed by atoms with E-state index < -0.39 is 17.5 Å². The van der Waals surface area contributed by atoms with Crippen molar-refractivity contribution in [2.24, 2.45) is 0 Å². The number of carbonyl (C=O) groups is 2. The van der Waals surface area contributed by atoms with Crippen LogP contribution in [0.3, 0.4) is 0 Å². The number of para-hydroxylation sites is 1. The van der Waals surface area contributed by atoms with Gasteiger partial charge in [-0.2, -0.15) is 0 Å². The highest BCUT2D eigenvalue weighted by atomic mass is 16.6. The van der Waals surface area contributed by atoms with Gasteiger partial charge in [0.05, 0.1) is 6.04 Å². The molecule has 0 aliphatic carbocycles. The lowest BCUT2D eigenvalue weighted by molar-refractivity contribution is -0.136. The summed E-state index contributed by atoms with van der Waals surface area (Å²) in [5, 5.41) is 3.33. The van der Waals surface area contributed by atoms with Gasteiger partial charge in [-0.15, -0.1) is 0 Å². The van der Waals surface area contributed by atoms with Crippen LogP contribution in [0.1, 0.15) is 55.2 Å². The van der Waals surface area contributed by atoms with E-state index in [1.807, 2.05) is 61.5 Å². The molecule has 0 fully saturated rings. The second-order valence-corrected chi connectivity index (χ2v) is 9.76. The molecule has 37 heavy (non-hydrogen) atoms. The van der Waals surface area contributed by atoms with Crippen molar-refractivity contribution in [3.8, 4) is 11.5 Å². The van der Waals surface area contributed by atoms with E-state index in [1.165, 1.54) is 12.1 Å². The second-order valence-electron chi connectivity index (χ2n) is 9.76. The molecule has 0 spiro atoms. The molecule has 3 aromatic carbocycles. The maximum absolute atomic E-state index is 12.7. The second kappa shape index (κ2) is 10.7. The molecule has 1 unspecified atom stereocenters. The molecule has 0 aliphatic heterocycles. The fourth-order valence-corrected chi connectivity index (χ4v) is 3.92. The van der Waals surface area contributed by atoms with E-state index in [0.717, 1.165) is 11.1 Å². The van der Waals surface area contributed by atoms with E-state index in [0.29, 0.717) is 11.1 Å². The molecule has 1 N–H and O–H groups in total. The Labute approximate surface area is 215 Å². The molecule has 7 nitrogen and oxygen atoms in total. The van der Waals surface area contributed by atoms with Gasteiger partial charge in [-0.05, 0) is 47.7 Å². The lowest BCUT2D eigenvalue weighted by Gasteiger charge is -2.22. The molecule has 4 aromatic rings. The van der Waals surface area contributed by atoms with Crippen molar-refractivity contribution >= 4 is 22.8 Å². The Hall–Kier alpha value is -4.39. The third-order valence-electron chi connectivity index (χ3n) is 5.87. The molecule has 0 saturated carbocycles. The average molecular weight is 500 g/mol. The van der Waals surface area contributed by atoms with E-state index in [2.05, 4.69) is 26.1 Å². The first-order chi connectivity index (χ1) is 17.6. The largest absolute Gasteiger partial charge is 0.482 e. The number of hydrogen-bond acceptors (Lipinski definition) is 6. The molecule has 1 heterocycles. The molecule has 0 radical (unpaired) electrons. The van der Waals surface area contributed by atoms with Gasteiger partial charge in [0, 0.05) is 11.5 Å². The van der Waals surface area contributed by atoms with Crippen LogP contribution in [-0.4, -0.2) is 18.5 Å². The first-order valence-electron chi connectivity index (χ1n) is 12.0. The summed E-state index contributed by atoms with van der Waals surface area (Å²) in [6.45, 7) is 7.75. The van der Waals surface area contributed by atoms with Crippen molar-refractivity contribution in [3.63, 3.8) is 0 Å². The van der Waals surface area contributed by atoms with Gasteiger partial charge in [0.25, 0.3) is 5.91 Å². The maximum atomic E-state index is 12.7. The average Bonchev–Trinajstić information content (AvgIpc) is 2.87. The minimum atomic E-state index is -0.782. The molecule has 0 aliphatic rings. The van der Waals surface area contributed by atoms with Gasteiger partial charge in [-0.3, -0.25) is 4.79 Å². The Morgan fingerprint density at radius 3 is 2.38 bits per heavy atom. The van der Waals surface area contributed by atoms with Crippen LogP contribution in [0, 0.1) is 0 Å². The standard InChI is InChI=1S/C30H29NO6/c1-19(20-10-6-5-7-11-20)31-28(33)23-16-21-14-15-22(17-26(21)37-29(23)34)36-27(32)18-35-25-13-9-8-12-24(25)30(2,3)4/h5-17,19H,18H2,1-4H3,(H,31,33). The number of amides is 1. The van der Waals surface area contributed by atoms with Gasteiger partial charge in [0.1, 0.15) is 22.6 Å². The number of rotatable bonds is 7. The van der Waals surface area contributed by atoms with E-state index in [4.69, 9.17) is 13.9 Å². The summed E-state index contributed by atoms with van der Waals surface area (Å²) >= 11 is 0. The van der Waals surface area contributed by atoms with E-state index in [-0.39, 0.29) is 35.0 Å². The summed E-state index contributed by atoms with van der Waals surface area (Å²) in [6.07, 6.45) is 0. The molecular formula is C30H29NO6. The Kier molecular flexibility index (Phi) is 7.43. The molecule has 1 aromatic heterocycles. The number of fused-ring (bicyclic) bond motifs is 1. The zero-order valence-electron chi connectivity index (χ0n) is 21.2. The summed E-state index contributed by atoms with van der Waals surface area (Å²) in [5.74, 6) is -0.321. The van der Waals surface area contributed by atoms with Crippen LogP contribution >= 0.6 is 0 Å². The van der Waals surface area contributed by atoms with E-state index in [9.17, 15) is 14.4 Å². The summed E-state index contributed by atoms with van der Waals surface area (Å²) in [5.41, 5.74) is 1.06. The van der Waals surface area contributed by atoms with Crippen LogP contribution in [0.25, 0.3) is 11.0 Å². The number of esters is 1. The zero-order chi connectivity index (χ0) is 26.6. The summed E-state index contributed by atoms with van der Waals surface area (Å²) in [7, 11) is 0. The maximum Gasteiger partial charge on any atom is 0.349 e. The van der Waals surface area contributed by atoms with E-state index >= 15 is 0 Å². The molecule has 7 heteroatoms. The SMILES string of the molecule is CC(NC(=O)c1cc2ccc(OC(=O)COc3ccccc3C(C)(C)C)cc2oc1=O)c1ccccc1. The fraction of sp³-hybridized carbons (Fsp3) is 0.233. The van der Waals surface area contributed by atoms with Crippen LogP contribution in [-0.2, 0) is 10.2 Å². The summed E-state index contributed by atoms with van der Waals surface area (Å²) in [4.78, 5) is 37.7. The van der Waals surface area contributed by atoms with Gasteiger partial charge in [-0.25, -0.2) is 9.59 Å². The predicted octanol–water partition coefficient (Wildman–Crippen LogP) is 5.57. The number of carbonyl (C=O) groups excluding carboxylic acids is 2. The van der Waals surface area contributed by atoms with Gasteiger partial charge < -0.3 is 19.2 Å². The van der Waals surface area contributed by atoms with Crippen molar-refractivity contribution in [2.45, 2.75) is 39.2 Å². The third-order valence-corrected chi connectivity index (χ3v) is 5.87. The van der Waals surface area contributed by atoms with Crippen molar-refractivity contribution in [1.29, 1.82) is 0 Å². The first kappa shape index (κ1) is 25.7. The molecule has 0 bridgehead atoms. The Morgan fingerprint density at radius 2 is 1.65 bits per heavy atom. The van der Waals surface area contributed by atoms with Crippen molar-refractivity contribution < 1.29 is 23.5 Å². The molecule has 190 valence electrons. The van der Waals surface area contributed by atoms with Crippen LogP contribution in [0.15, 0.2) is 88.1 Å². The summed E-state index contributed by atoms with van der Waals surface area (Å²) < 4.78 is 16.5. The number of ether oxygens (including phenoxy) is 2. The lowest BCUT2D eigenvalue weighted by Crippen LogP contribution is -2.30. The van der Waals surface area contributed by atoms with Crippen LogP contribution in [0.2, 0.25) is 0 Å². The molecular weight excluding hydrogens is 470 g/mol. The normalized spacial score (nSPS) is 12.1. The van der Waals surface area contributed by atoms with Gasteiger partial charge in [0.15, 0.2) is 6.61 Å². The van der Waals surface area contributed by atoms with Crippen molar-refractivity contribution in [3.05, 3.63) is 106 Å². The van der Waals surface area contributed by atoms with Crippen molar-refractivity contribution in [2.75, 3.05) is 6.61 Å². The molecule has 0 saturated heterocycles. The van der Waals surface area contributed by atoms with Crippen LogP contribution in [0.5, 0.6) is 11.5 Å². The molecule has 4 rings (SSSR count). The monoisotopic (exact) mass is 499 g/mol. The van der Waals surface area contributed by atoms with Crippen molar-refractivity contribution in [1.82, 2.24) is 5.32 Å². The molecule has 1 atom stereocenters. The highest BCUT2D eigenvalue weighted by Crippen LogP contribution is 2.31. The third kappa shape index (κ3) is 6.25. The lowest BCUT2D eigenvalue weighted by atomic mass is 9.86. The minimum absolute atomic E-state index is 0.106. The van der Waals surface area contributed by atoms with Crippen LogP contribution < -0.4 is 20.4 Å². The van der Waals surface area contributed by atoms with Gasteiger partial charge >= 0.3 is 11.6 Å². The number of nitrogens with one attached hydrogen (secondary N) is 1. The van der Waals surface area contributed by atoms with Gasteiger partial charge in [0.2, 0.25) is 0 Å². The topological polar surface area (TPSA) is 94.8 Å². The Morgan fingerprint density at radius 1 is 0.946 bits per heavy atom. The minimum Gasteiger partial charge on any atom is -0.482 e. The van der Waals surface area contributed by atoms with E-state index in [1.54, 1.807) is 12.1 Å². The highest BCUT2D eigenvalue weighted by Gasteiger charge is 2.20. The molecule has 1 amide bonds. The number of benzene rings is 3. The quantitative estimate of drug-likeness (QED) is 0.203. The fourth-order valence-electron chi connectivity index (χ4n) is 3.92. The predicted molar refractivity (Wildman–Crippen MR) is 141 cm³/mol. The smallest absolute Gasteiger partial charge is 0.349 e. The van der Waals surface area contributed by atoms with Gasteiger partial charge in [-0.1, -0.05) is 69.3 Å².